The van der Waals surface area contributed by atoms with Gasteiger partial charge < -0.3 is 5.73 Å². The SMILES string of the molecule is Cl.N[C@H](c1ncc(F)cc1F)C(F)(F)F. The van der Waals surface area contributed by atoms with Crippen molar-refractivity contribution in [2.45, 2.75) is 12.2 Å². The number of hydrogen-bond donors (Lipinski definition) is 1. The number of nitrogens with zero attached hydrogens (tertiary/aromatic N) is 1. The minimum atomic E-state index is -4.80. The fraction of sp³-hybridized carbons (Fsp3) is 0.286. The van der Waals surface area contributed by atoms with E-state index in [-0.39, 0.29) is 12.4 Å². The van der Waals surface area contributed by atoms with Crippen molar-refractivity contribution in [3.8, 4) is 0 Å². The summed E-state index contributed by atoms with van der Waals surface area (Å²) in [5.41, 5.74) is 3.66. The smallest absolute Gasteiger partial charge is 0.315 e. The molecule has 0 aliphatic rings. The van der Waals surface area contributed by atoms with E-state index in [2.05, 4.69) is 10.7 Å². The number of alkyl halides is 3. The highest BCUT2D eigenvalue weighted by Gasteiger charge is 2.40. The predicted molar refractivity (Wildman–Crippen MR) is 44.4 cm³/mol. The molecule has 0 aromatic carbocycles. The molecule has 0 saturated carbocycles. The van der Waals surface area contributed by atoms with Crippen LogP contribution in [-0.2, 0) is 0 Å². The van der Waals surface area contributed by atoms with Gasteiger partial charge in [-0.05, 0) is 0 Å². The Hall–Kier alpha value is -0.950. The van der Waals surface area contributed by atoms with Gasteiger partial charge in [-0.2, -0.15) is 13.2 Å². The first-order valence-corrected chi connectivity index (χ1v) is 3.45. The van der Waals surface area contributed by atoms with E-state index in [1.54, 1.807) is 0 Å². The van der Waals surface area contributed by atoms with Crippen molar-refractivity contribution in [1.29, 1.82) is 0 Å². The van der Waals surface area contributed by atoms with Gasteiger partial charge >= 0.3 is 6.18 Å². The molecule has 8 heteroatoms. The quantitative estimate of drug-likeness (QED) is 0.775. The topological polar surface area (TPSA) is 38.9 Å². The summed E-state index contributed by atoms with van der Waals surface area (Å²) in [6.45, 7) is 0. The Morgan fingerprint density at radius 1 is 1.27 bits per heavy atom. The highest BCUT2D eigenvalue weighted by Crippen LogP contribution is 2.30. The molecule has 15 heavy (non-hydrogen) atoms. The summed E-state index contributed by atoms with van der Waals surface area (Å²) < 4.78 is 61.0. The van der Waals surface area contributed by atoms with Crippen LogP contribution in [0.25, 0.3) is 0 Å². The lowest BCUT2D eigenvalue weighted by atomic mass is 10.2. The molecule has 86 valence electrons. The molecule has 1 heterocycles. The number of rotatable bonds is 1. The van der Waals surface area contributed by atoms with Gasteiger partial charge in [0.15, 0.2) is 0 Å². The summed E-state index contributed by atoms with van der Waals surface area (Å²) in [6, 6.07) is -2.24. The fourth-order valence-electron chi connectivity index (χ4n) is 0.809. The Morgan fingerprint density at radius 2 is 1.80 bits per heavy atom. The third-order valence-corrected chi connectivity index (χ3v) is 1.48. The Labute approximate surface area is 87.7 Å². The lowest BCUT2D eigenvalue weighted by molar-refractivity contribution is -0.150. The Kier molecular flexibility index (Phi) is 4.42. The van der Waals surface area contributed by atoms with E-state index < -0.39 is 29.5 Å². The molecule has 0 bridgehead atoms. The molecule has 0 radical (unpaired) electrons. The van der Waals surface area contributed by atoms with Crippen molar-refractivity contribution in [2.75, 3.05) is 0 Å². The van der Waals surface area contributed by atoms with Crippen LogP contribution in [0.2, 0.25) is 0 Å². The lowest BCUT2D eigenvalue weighted by Gasteiger charge is -2.15. The van der Waals surface area contributed by atoms with E-state index >= 15 is 0 Å². The molecule has 2 N–H and O–H groups in total. The molecule has 0 fully saturated rings. The first kappa shape index (κ1) is 14.1. The van der Waals surface area contributed by atoms with Crippen molar-refractivity contribution in [2.24, 2.45) is 5.73 Å². The molecule has 1 rings (SSSR count). The van der Waals surface area contributed by atoms with Crippen molar-refractivity contribution < 1.29 is 22.0 Å². The molecule has 2 nitrogen and oxygen atoms in total. The van der Waals surface area contributed by atoms with Gasteiger partial charge in [-0.1, -0.05) is 0 Å². The van der Waals surface area contributed by atoms with Crippen LogP contribution in [0.4, 0.5) is 22.0 Å². The number of nitrogens with two attached hydrogens (primary N) is 1. The van der Waals surface area contributed by atoms with Gasteiger partial charge in [0, 0.05) is 6.07 Å². The minimum Gasteiger partial charge on any atom is -0.315 e. The molecule has 0 unspecified atom stereocenters. The second-order valence-corrected chi connectivity index (χ2v) is 2.54. The summed E-state index contributed by atoms with van der Waals surface area (Å²) in [6.07, 6.45) is -4.32. The zero-order valence-corrected chi connectivity index (χ0v) is 7.87. The van der Waals surface area contributed by atoms with Gasteiger partial charge in [-0.25, -0.2) is 8.78 Å². The normalized spacial score (nSPS) is 13.2. The van der Waals surface area contributed by atoms with Crippen LogP contribution in [0.5, 0.6) is 0 Å². The average molecular weight is 249 g/mol. The summed E-state index contributed by atoms with van der Waals surface area (Å²) in [7, 11) is 0. The molecular formula is C7H6ClF5N2. The number of halogens is 6. The van der Waals surface area contributed by atoms with E-state index in [1.165, 1.54) is 0 Å². The molecular weight excluding hydrogens is 243 g/mol. The third kappa shape index (κ3) is 3.28. The summed E-state index contributed by atoms with van der Waals surface area (Å²) in [5.74, 6) is -2.46. The highest BCUT2D eigenvalue weighted by molar-refractivity contribution is 5.85. The van der Waals surface area contributed by atoms with Gasteiger partial charge in [-0.15, -0.1) is 12.4 Å². The largest absolute Gasteiger partial charge is 0.409 e. The maximum Gasteiger partial charge on any atom is 0.409 e. The third-order valence-electron chi connectivity index (χ3n) is 1.48. The fourth-order valence-corrected chi connectivity index (χ4v) is 0.809. The number of aromatic nitrogens is 1. The second-order valence-electron chi connectivity index (χ2n) is 2.54. The predicted octanol–water partition coefficient (Wildman–Crippen LogP) is 2.34. The van der Waals surface area contributed by atoms with Crippen molar-refractivity contribution >= 4 is 12.4 Å². The number of hydrogen-bond acceptors (Lipinski definition) is 2. The van der Waals surface area contributed by atoms with E-state index in [1.807, 2.05) is 0 Å². The lowest BCUT2D eigenvalue weighted by Crippen LogP contribution is -2.30. The summed E-state index contributed by atoms with van der Waals surface area (Å²) >= 11 is 0. The van der Waals surface area contributed by atoms with Gasteiger partial charge in [-0.3, -0.25) is 4.98 Å². The Morgan fingerprint density at radius 3 is 2.20 bits per heavy atom. The molecule has 0 amide bonds. The van der Waals surface area contributed by atoms with Crippen molar-refractivity contribution in [1.82, 2.24) is 4.98 Å². The highest BCUT2D eigenvalue weighted by atomic mass is 35.5. The number of pyridine rings is 1. The van der Waals surface area contributed by atoms with E-state index in [4.69, 9.17) is 0 Å². The molecule has 0 spiro atoms. The monoisotopic (exact) mass is 248 g/mol. The first-order chi connectivity index (χ1) is 6.32. The van der Waals surface area contributed by atoms with Gasteiger partial charge in [0.1, 0.15) is 23.4 Å². The molecule has 0 saturated heterocycles. The van der Waals surface area contributed by atoms with E-state index in [0.29, 0.717) is 12.3 Å². The second kappa shape index (κ2) is 4.71. The maximum atomic E-state index is 12.7. The van der Waals surface area contributed by atoms with E-state index in [9.17, 15) is 22.0 Å². The van der Waals surface area contributed by atoms with Crippen molar-refractivity contribution in [3.05, 3.63) is 29.6 Å². The van der Waals surface area contributed by atoms with Crippen LogP contribution in [0.1, 0.15) is 11.7 Å². The van der Waals surface area contributed by atoms with Gasteiger partial charge in [0.2, 0.25) is 0 Å². The summed E-state index contributed by atoms with van der Waals surface area (Å²) in [4.78, 5) is 2.95. The van der Waals surface area contributed by atoms with Crippen LogP contribution >= 0.6 is 12.4 Å². The van der Waals surface area contributed by atoms with Gasteiger partial charge in [0.25, 0.3) is 0 Å². The van der Waals surface area contributed by atoms with E-state index in [0.717, 1.165) is 0 Å². The van der Waals surface area contributed by atoms with Crippen LogP contribution in [-0.4, -0.2) is 11.2 Å². The standard InChI is InChI=1S/C7H5F5N2.ClH/c8-3-1-4(9)5(14-2-3)6(13)7(10,11)12;/h1-2,6H,13H2;1H/t6-;/m1./s1. The van der Waals surface area contributed by atoms with Gasteiger partial charge in [0.05, 0.1) is 6.20 Å². The Bertz CT molecular complexity index is 341. The molecule has 0 aliphatic heterocycles. The van der Waals surface area contributed by atoms with Crippen LogP contribution in [0.15, 0.2) is 12.3 Å². The molecule has 0 aliphatic carbocycles. The molecule has 1 atom stereocenters. The molecule has 1 aromatic heterocycles. The summed E-state index contributed by atoms with van der Waals surface area (Å²) in [5, 5.41) is 0. The Balaban J connectivity index is 0.00000196. The molecule has 1 aromatic rings. The zero-order chi connectivity index (χ0) is 10.9. The zero-order valence-electron chi connectivity index (χ0n) is 7.05. The van der Waals surface area contributed by atoms with Crippen LogP contribution < -0.4 is 5.73 Å². The average Bonchev–Trinajstić information content (AvgIpc) is 2.01. The minimum absolute atomic E-state index is 0. The maximum absolute atomic E-state index is 12.7. The van der Waals surface area contributed by atoms with Crippen molar-refractivity contribution in [3.63, 3.8) is 0 Å². The van der Waals surface area contributed by atoms with Crippen LogP contribution in [0.3, 0.4) is 0 Å². The first-order valence-electron chi connectivity index (χ1n) is 3.45. The van der Waals surface area contributed by atoms with Crippen LogP contribution in [0, 0.1) is 11.6 Å².